The minimum Gasteiger partial charge on any atom is -0.395 e. The Balaban J connectivity index is 3.58. The minimum atomic E-state index is -0.720. The second kappa shape index (κ2) is 6.68. The largest absolute Gasteiger partial charge is 0.395 e. The van der Waals surface area contributed by atoms with Gasteiger partial charge in [0.1, 0.15) is 0 Å². The molecule has 12 heavy (non-hydrogen) atoms. The average molecular weight is 195 g/mol. The van der Waals surface area contributed by atoms with Gasteiger partial charge in [0.2, 0.25) is 0 Å². The Hall–Kier alpha value is 0.190. The maximum absolute atomic E-state index is 8.99. The van der Waals surface area contributed by atoms with Crippen LogP contribution >= 0.6 is 11.8 Å². The third-order valence-electron chi connectivity index (χ3n) is 1.48. The molecule has 74 valence electrons. The van der Waals surface area contributed by atoms with Crippen molar-refractivity contribution in [3.8, 4) is 0 Å². The molecule has 0 fully saturated rings. The van der Waals surface area contributed by atoms with Gasteiger partial charge >= 0.3 is 0 Å². The lowest BCUT2D eigenvalue weighted by molar-refractivity contribution is 0.113. The third-order valence-corrected chi connectivity index (χ3v) is 3.06. The fraction of sp³-hybridized carbons (Fsp3) is 1.00. The van der Waals surface area contributed by atoms with E-state index in [0.29, 0.717) is 5.75 Å². The van der Waals surface area contributed by atoms with Crippen molar-refractivity contribution in [3.63, 3.8) is 0 Å². The van der Waals surface area contributed by atoms with Gasteiger partial charge in [-0.2, -0.15) is 11.8 Å². The predicted molar refractivity (Wildman–Crippen MR) is 50.1 cm³/mol. The molecule has 0 aromatic carbocycles. The first-order valence-electron chi connectivity index (χ1n) is 3.88. The quantitative estimate of drug-likeness (QED) is 0.427. The second-order valence-corrected chi connectivity index (χ2v) is 4.02. The molecule has 0 heterocycles. The summed E-state index contributed by atoms with van der Waals surface area (Å²) in [5, 5.41) is 26.3. The van der Waals surface area contributed by atoms with Crippen LogP contribution in [0.4, 0.5) is 0 Å². The van der Waals surface area contributed by atoms with Gasteiger partial charge in [-0.25, -0.2) is 0 Å². The Kier molecular flexibility index (Phi) is 6.78. The molecule has 0 aromatic heterocycles. The molecule has 0 saturated carbocycles. The highest BCUT2D eigenvalue weighted by atomic mass is 32.2. The fourth-order valence-corrected chi connectivity index (χ4v) is 1.64. The van der Waals surface area contributed by atoms with Gasteiger partial charge in [-0.1, -0.05) is 0 Å². The zero-order chi connectivity index (χ0) is 9.56. The maximum Gasteiger partial charge on any atom is 0.0861 e. The van der Waals surface area contributed by atoms with Gasteiger partial charge in [0.05, 0.1) is 19.3 Å². The molecule has 0 bridgehead atoms. The van der Waals surface area contributed by atoms with E-state index < -0.39 is 6.10 Å². The van der Waals surface area contributed by atoms with Crippen molar-refractivity contribution in [2.75, 3.05) is 19.0 Å². The van der Waals surface area contributed by atoms with E-state index in [1.807, 2.05) is 0 Å². The molecule has 3 atom stereocenters. The summed E-state index contributed by atoms with van der Waals surface area (Å²) >= 11 is 1.38. The van der Waals surface area contributed by atoms with Gasteiger partial charge < -0.3 is 21.1 Å². The van der Waals surface area contributed by atoms with Crippen LogP contribution in [0.1, 0.15) is 6.92 Å². The molecule has 0 aliphatic heterocycles. The third kappa shape index (κ3) is 4.95. The van der Waals surface area contributed by atoms with Crippen molar-refractivity contribution < 1.29 is 15.3 Å². The van der Waals surface area contributed by atoms with Crippen molar-refractivity contribution in [1.82, 2.24) is 0 Å². The van der Waals surface area contributed by atoms with Crippen LogP contribution < -0.4 is 5.73 Å². The summed E-state index contributed by atoms with van der Waals surface area (Å²) in [6.07, 6.45) is -0.720. The summed E-state index contributed by atoms with van der Waals surface area (Å²) in [7, 11) is 0. The molecule has 0 amide bonds. The Bertz CT molecular complexity index is 113. The van der Waals surface area contributed by atoms with E-state index in [2.05, 4.69) is 0 Å². The number of aliphatic hydroxyl groups is 3. The molecule has 4 nitrogen and oxygen atoms in total. The second-order valence-electron chi connectivity index (χ2n) is 2.75. The molecule has 5 N–H and O–H groups in total. The normalized spacial score (nSPS) is 18.8. The number of rotatable bonds is 6. The van der Waals surface area contributed by atoms with Gasteiger partial charge in [0, 0.05) is 17.0 Å². The Morgan fingerprint density at radius 3 is 2.25 bits per heavy atom. The van der Waals surface area contributed by atoms with Gasteiger partial charge in [-0.15, -0.1) is 0 Å². The number of hydrogen-bond acceptors (Lipinski definition) is 5. The molecule has 0 spiro atoms. The maximum atomic E-state index is 8.99. The molecule has 3 unspecified atom stereocenters. The molecule has 0 aliphatic rings. The number of thioether (sulfide) groups is 1. The fourth-order valence-electron chi connectivity index (χ4n) is 0.658. The van der Waals surface area contributed by atoms with E-state index in [-0.39, 0.29) is 24.5 Å². The highest BCUT2D eigenvalue weighted by Gasteiger charge is 2.14. The molecule has 5 heteroatoms. The van der Waals surface area contributed by atoms with Crippen LogP contribution in [0.2, 0.25) is 0 Å². The zero-order valence-electron chi connectivity index (χ0n) is 7.18. The van der Waals surface area contributed by atoms with E-state index in [9.17, 15) is 0 Å². The van der Waals surface area contributed by atoms with E-state index in [0.717, 1.165) is 0 Å². The summed E-state index contributed by atoms with van der Waals surface area (Å²) in [5.74, 6) is 0.406. The Morgan fingerprint density at radius 1 is 1.33 bits per heavy atom. The number of nitrogens with two attached hydrogens (primary N) is 1. The van der Waals surface area contributed by atoms with Crippen LogP contribution in [-0.4, -0.2) is 51.7 Å². The SMILES string of the molecule is CC(N)C(CO)SCC(O)CO. The van der Waals surface area contributed by atoms with Crippen LogP contribution in [-0.2, 0) is 0 Å². The molecule has 0 rings (SSSR count). The zero-order valence-corrected chi connectivity index (χ0v) is 8.00. The molecule has 0 saturated heterocycles. The summed E-state index contributed by atoms with van der Waals surface area (Å²) in [6, 6.07) is -0.106. The summed E-state index contributed by atoms with van der Waals surface area (Å²) < 4.78 is 0. The summed E-state index contributed by atoms with van der Waals surface area (Å²) in [4.78, 5) is 0. The smallest absolute Gasteiger partial charge is 0.0861 e. The van der Waals surface area contributed by atoms with Crippen molar-refractivity contribution in [3.05, 3.63) is 0 Å². The first-order valence-corrected chi connectivity index (χ1v) is 4.93. The standard InChI is InChI=1S/C7H17NO3S/c1-5(8)7(3-10)12-4-6(11)2-9/h5-7,9-11H,2-4,8H2,1H3. The molecular weight excluding hydrogens is 178 g/mol. The molecule has 0 aromatic rings. The molecule has 0 aliphatic carbocycles. The van der Waals surface area contributed by atoms with Gasteiger partial charge in [0.25, 0.3) is 0 Å². The van der Waals surface area contributed by atoms with Gasteiger partial charge in [0.15, 0.2) is 0 Å². The lowest BCUT2D eigenvalue weighted by Crippen LogP contribution is -2.33. The first-order chi connectivity index (χ1) is 5.61. The van der Waals surface area contributed by atoms with Crippen LogP contribution in [0.25, 0.3) is 0 Å². The Morgan fingerprint density at radius 2 is 1.92 bits per heavy atom. The highest BCUT2D eigenvalue weighted by Crippen LogP contribution is 2.14. The van der Waals surface area contributed by atoms with Crippen LogP contribution in [0.15, 0.2) is 0 Å². The van der Waals surface area contributed by atoms with Crippen molar-refractivity contribution in [2.24, 2.45) is 5.73 Å². The minimum absolute atomic E-state index is 0.000478. The highest BCUT2D eigenvalue weighted by molar-refractivity contribution is 8.00. The lowest BCUT2D eigenvalue weighted by atomic mass is 10.3. The van der Waals surface area contributed by atoms with Crippen molar-refractivity contribution in [2.45, 2.75) is 24.3 Å². The molecular formula is C7H17NO3S. The van der Waals surface area contributed by atoms with Crippen LogP contribution in [0, 0.1) is 0 Å². The van der Waals surface area contributed by atoms with Crippen molar-refractivity contribution in [1.29, 1.82) is 0 Å². The van der Waals surface area contributed by atoms with Crippen molar-refractivity contribution >= 4 is 11.8 Å². The Labute approximate surface area is 76.8 Å². The summed E-state index contributed by atoms with van der Waals surface area (Å²) in [6.45, 7) is 1.56. The predicted octanol–water partition coefficient (Wildman–Crippen LogP) is -1.22. The summed E-state index contributed by atoms with van der Waals surface area (Å²) in [5.41, 5.74) is 5.55. The van der Waals surface area contributed by atoms with Crippen LogP contribution in [0.5, 0.6) is 0 Å². The first kappa shape index (κ1) is 12.2. The van der Waals surface area contributed by atoms with Gasteiger partial charge in [-0.05, 0) is 6.92 Å². The number of aliphatic hydroxyl groups excluding tert-OH is 3. The average Bonchev–Trinajstić information content (AvgIpc) is 2.04. The van der Waals surface area contributed by atoms with Crippen LogP contribution in [0.3, 0.4) is 0 Å². The van der Waals surface area contributed by atoms with E-state index >= 15 is 0 Å². The topological polar surface area (TPSA) is 86.7 Å². The van der Waals surface area contributed by atoms with E-state index in [4.69, 9.17) is 21.1 Å². The molecule has 0 radical (unpaired) electrons. The monoisotopic (exact) mass is 195 g/mol. The van der Waals surface area contributed by atoms with E-state index in [1.54, 1.807) is 6.92 Å². The lowest BCUT2D eigenvalue weighted by Gasteiger charge is -2.18. The number of hydrogen-bond donors (Lipinski definition) is 4. The van der Waals surface area contributed by atoms with E-state index in [1.165, 1.54) is 11.8 Å². The van der Waals surface area contributed by atoms with Gasteiger partial charge in [-0.3, -0.25) is 0 Å².